The molecule has 1 aliphatic rings. The molecular weight excluding hydrogens is 350 g/mol. The van der Waals surface area contributed by atoms with E-state index in [2.05, 4.69) is 34.2 Å². The first-order valence-corrected chi connectivity index (χ1v) is 10.3. The number of thioether (sulfide) groups is 1. The van der Waals surface area contributed by atoms with Crippen LogP contribution in [0, 0.1) is 13.8 Å². The zero-order valence-corrected chi connectivity index (χ0v) is 16.6. The fraction of sp³-hybridized carbons (Fsp3) is 0.667. The molecule has 1 N–H and O–H groups in total. The Kier molecular flexibility index (Phi) is 6.48. The quantitative estimate of drug-likeness (QED) is 0.712. The van der Waals surface area contributed by atoms with Gasteiger partial charge >= 0.3 is 0 Å². The largest absolute Gasteiger partial charge is 0.376 e. The number of amides is 1. The molecule has 8 heteroatoms. The molecule has 1 aliphatic heterocycles. The maximum absolute atomic E-state index is 12.0. The predicted octanol–water partition coefficient (Wildman–Crippen LogP) is 2.47. The number of nitrogens with one attached hydrogen (secondary N) is 1. The van der Waals surface area contributed by atoms with Gasteiger partial charge in [0.2, 0.25) is 11.1 Å². The number of hydrogen-bond donors (Lipinski definition) is 1. The normalized spacial score (nSPS) is 17.1. The predicted molar refractivity (Wildman–Crippen MR) is 102 cm³/mol. The summed E-state index contributed by atoms with van der Waals surface area (Å²) in [5, 5.41) is 8.03. The molecule has 7 nitrogen and oxygen atoms in total. The number of fused-ring (bicyclic) bond motifs is 1. The van der Waals surface area contributed by atoms with Gasteiger partial charge in [0.15, 0.2) is 0 Å². The van der Waals surface area contributed by atoms with Crippen LogP contribution in [0.3, 0.4) is 0 Å². The first-order chi connectivity index (χ1) is 12.6. The molecule has 0 spiro atoms. The number of hydrogen-bond acceptors (Lipinski definition) is 6. The van der Waals surface area contributed by atoms with Crippen LogP contribution < -0.4 is 5.32 Å². The minimum Gasteiger partial charge on any atom is -0.376 e. The van der Waals surface area contributed by atoms with Crippen molar-refractivity contribution < 1.29 is 9.53 Å². The summed E-state index contributed by atoms with van der Waals surface area (Å²) < 4.78 is 7.31. The smallest absolute Gasteiger partial charge is 0.253 e. The van der Waals surface area contributed by atoms with Crippen LogP contribution in [0.25, 0.3) is 5.78 Å². The van der Waals surface area contributed by atoms with E-state index in [4.69, 9.17) is 4.74 Å². The highest BCUT2D eigenvalue weighted by molar-refractivity contribution is 7.99. The Morgan fingerprint density at radius 1 is 1.38 bits per heavy atom. The summed E-state index contributed by atoms with van der Waals surface area (Å²) in [5.41, 5.74) is 3.35. The van der Waals surface area contributed by atoms with Crippen molar-refractivity contribution in [1.82, 2.24) is 24.9 Å². The number of carbonyl (C=O) groups is 1. The van der Waals surface area contributed by atoms with Crippen molar-refractivity contribution in [3.63, 3.8) is 0 Å². The van der Waals surface area contributed by atoms with Crippen molar-refractivity contribution >= 4 is 23.4 Å². The molecule has 2 aromatic heterocycles. The number of ether oxygens (including phenoxy) is 1. The summed E-state index contributed by atoms with van der Waals surface area (Å²) in [5.74, 6) is 0.876. The van der Waals surface area contributed by atoms with Gasteiger partial charge in [-0.3, -0.25) is 4.79 Å². The third-order valence-electron chi connectivity index (χ3n) is 4.69. The molecule has 1 saturated heterocycles. The van der Waals surface area contributed by atoms with Crippen LogP contribution in [0.1, 0.15) is 49.6 Å². The monoisotopic (exact) mass is 377 g/mol. The Morgan fingerprint density at radius 3 is 2.96 bits per heavy atom. The van der Waals surface area contributed by atoms with Crippen molar-refractivity contribution in [2.45, 2.75) is 64.1 Å². The molecule has 0 radical (unpaired) electrons. The summed E-state index contributed by atoms with van der Waals surface area (Å²) >= 11 is 1.34. The van der Waals surface area contributed by atoms with Crippen LogP contribution in [0.2, 0.25) is 0 Å². The third-order valence-corrected chi connectivity index (χ3v) is 5.53. The SMILES string of the molecule is CCCCc1c(C)nc2nc(SCC(=O)NCC3CCCO3)nn2c1C. The lowest BCUT2D eigenvalue weighted by Gasteiger charge is -2.09. The van der Waals surface area contributed by atoms with Crippen molar-refractivity contribution in [3.8, 4) is 0 Å². The van der Waals surface area contributed by atoms with Crippen molar-refractivity contribution in [1.29, 1.82) is 0 Å². The van der Waals surface area contributed by atoms with Gasteiger partial charge in [-0.15, -0.1) is 5.10 Å². The van der Waals surface area contributed by atoms with Crippen LogP contribution in [0.15, 0.2) is 5.16 Å². The van der Waals surface area contributed by atoms with Crippen molar-refractivity contribution in [3.05, 3.63) is 17.0 Å². The van der Waals surface area contributed by atoms with E-state index >= 15 is 0 Å². The van der Waals surface area contributed by atoms with Gasteiger partial charge in [-0.1, -0.05) is 25.1 Å². The second-order valence-corrected chi connectivity index (χ2v) is 7.64. The molecule has 0 aromatic carbocycles. The summed E-state index contributed by atoms with van der Waals surface area (Å²) in [6.07, 6.45) is 5.55. The number of aryl methyl sites for hydroxylation is 2. The van der Waals surface area contributed by atoms with Crippen molar-refractivity contribution in [2.24, 2.45) is 0 Å². The Bertz CT molecular complexity index is 771. The van der Waals surface area contributed by atoms with E-state index in [1.807, 2.05) is 6.92 Å². The van der Waals surface area contributed by atoms with E-state index < -0.39 is 0 Å². The average molecular weight is 378 g/mol. The molecule has 3 rings (SSSR count). The lowest BCUT2D eigenvalue weighted by molar-refractivity contribution is -0.119. The van der Waals surface area contributed by atoms with Crippen LogP contribution in [0.5, 0.6) is 0 Å². The Labute approximate surface area is 158 Å². The Hall–Kier alpha value is -1.67. The van der Waals surface area contributed by atoms with E-state index in [0.29, 0.717) is 23.2 Å². The molecular formula is C18H27N5O2S. The van der Waals surface area contributed by atoms with E-state index in [-0.39, 0.29) is 12.0 Å². The van der Waals surface area contributed by atoms with E-state index in [0.717, 1.165) is 50.1 Å². The van der Waals surface area contributed by atoms with Gasteiger partial charge in [-0.25, -0.2) is 9.50 Å². The summed E-state index contributed by atoms with van der Waals surface area (Å²) in [4.78, 5) is 21.1. The summed E-state index contributed by atoms with van der Waals surface area (Å²) in [6, 6.07) is 0. The number of rotatable bonds is 8. The molecule has 142 valence electrons. The second kappa shape index (κ2) is 8.81. The minimum absolute atomic E-state index is 0.0196. The molecule has 2 aromatic rings. The number of unbranched alkanes of at least 4 members (excludes halogenated alkanes) is 1. The van der Waals surface area contributed by atoms with Crippen LogP contribution in [-0.2, 0) is 16.0 Å². The maximum Gasteiger partial charge on any atom is 0.253 e. The first-order valence-electron chi connectivity index (χ1n) is 9.32. The number of nitrogens with zero attached hydrogens (tertiary/aromatic N) is 4. The van der Waals surface area contributed by atoms with Gasteiger partial charge in [0, 0.05) is 24.5 Å². The molecule has 3 heterocycles. The second-order valence-electron chi connectivity index (χ2n) is 6.70. The molecule has 0 bridgehead atoms. The van der Waals surface area contributed by atoms with Gasteiger partial charge in [0.25, 0.3) is 5.78 Å². The van der Waals surface area contributed by atoms with Crippen LogP contribution in [-0.4, -0.2) is 50.5 Å². The molecule has 1 amide bonds. The number of carbonyl (C=O) groups excluding carboxylic acids is 1. The Morgan fingerprint density at radius 2 is 2.23 bits per heavy atom. The van der Waals surface area contributed by atoms with Gasteiger partial charge in [-0.2, -0.15) is 4.98 Å². The fourth-order valence-corrected chi connectivity index (χ4v) is 3.83. The standard InChI is InChI=1S/C18H27N5O2S/c1-4-5-8-15-12(2)20-17-21-18(22-23(17)13(15)3)26-11-16(24)19-10-14-7-6-9-25-14/h14H,4-11H2,1-3H3,(H,19,24). The molecule has 0 saturated carbocycles. The third kappa shape index (κ3) is 4.54. The summed E-state index contributed by atoms with van der Waals surface area (Å²) in [7, 11) is 0. The number of aromatic nitrogens is 4. The lowest BCUT2D eigenvalue weighted by atomic mass is 10.1. The molecule has 26 heavy (non-hydrogen) atoms. The van der Waals surface area contributed by atoms with Gasteiger partial charge in [0.1, 0.15) is 0 Å². The zero-order valence-electron chi connectivity index (χ0n) is 15.7. The average Bonchev–Trinajstić information content (AvgIpc) is 3.27. The van der Waals surface area contributed by atoms with E-state index in [1.165, 1.54) is 17.3 Å². The van der Waals surface area contributed by atoms with Crippen molar-refractivity contribution in [2.75, 3.05) is 18.9 Å². The molecule has 1 atom stereocenters. The van der Waals surface area contributed by atoms with Gasteiger partial charge in [-0.05, 0) is 45.1 Å². The molecule has 0 aliphatic carbocycles. The molecule has 1 unspecified atom stereocenters. The highest BCUT2D eigenvalue weighted by Gasteiger charge is 2.17. The fourth-order valence-electron chi connectivity index (χ4n) is 3.18. The van der Waals surface area contributed by atoms with Crippen LogP contribution in [0.4, 0.5) is 0 Å². The Balaban J connectivity index is 1.61. The first kappa shape index (κ1) is 19.1. The highest BCUT2D eigenvalue weighted by atomic mass is 32.2. The van der Waals surface area contributed by atoms with Gasteiger partial charge < -0.3 is 10.1 Å². The highest BCUT2D eigenvalue weighted by Crippen LogP contribution is 2.19. The topological polar surface area (TPSA) is 81.4 Å². The zero-order chi connectivity index (χ0) is 18.5. The lowest BCUT2D eigenvalue weighted by Crippen LogP contribution is -2.32. The summed E-state index contributed by atoms with van der Waals surface area (Å²) in [6.45, 7) is 7.65. The van der Waals surface area contributed by atoms with E-state index in [1.54, 1.807) is 4.52 Å². The van der Waals surface area contributed by atoms with Gasteiger partial charge in [0.05, 0.1) is 11.9 Å². The molecule has 1 fully saturated rings. The van der Waals surface area contributed by atoms with Crippen LogP contribution >= 0.6 is 11.8 Å². The maximum atomic E-state index is 12.0. The minimum atomic E-state index is -0.0196. The van der Waals surface area contributed by atoms with E-state index in [9.17, 15) is 4.79 Å².